The lowest BCUT2D eigenvalue weighted by molar-refractivity contribution is 0.254. The van der Waals surface area contributed by atoms with Gasteiger partial charge in [-0.1, -0.05) is 39.5 Å². The first kappa shape index (κ1) is 8.59. The summed E-state index contributed by atoms with van der Waals surface area (Å²) in [5, 5.41) is 0. The highest BCUT2D eigenvalue weighted by Crippen LogP contribution is 2.58. The van der Waals surface area contributed by atoms with Gasteiger partial charge in [0, 0.05) is 0 Å². The maximum Gasteiger partial charge on any atom is -0.0271 e. The molecule has 0 radical (unpaired) electrons. The zero-order chi connectivity index (χ0) is 8.60. The van der Waals surface area contributed by atoms with Crippen molar-refractivity contribution in [3.05, 3.63) is 0 Å². The van der Waals surface area contributed by atoms with E-state index in [1.54, 1.807) is 0 Å². The van der Waals surface area contributed by atoms with Crippen molar-refractivity contribution in [3.8, 4) is 0 Å². The van der Waals surface area contributed by atoms with E-state index < -0.39 is 0 Å². The van der Waals surface area contributed by atoms with E-state index >= 15 is 0 Å². The zero-order valence-electron chi connectivity index (χ0n) is 8.60. The van der Waals surface area contributed by atoms with Crippen LogP contribution in [-0.4, -0.2) is 0 Å². The van der Waals surface area contributed by atoms with Crippen LogP contribution in [0.25, 0.3) is 0 Å². The van der Waals surface area contributed by atoms with Gasteiger partial charge in [-0.15, -0.1) is 0 Å². The van der Waals surface area contributed by atoms with E-state index in [-0.39, 0.29) is 0 Å². The fraction of sp³-hybridized carbons (Fsp3) is 1.00. The lowest BCUT2D eigenvalue weighted by Gasteiger charge is -2.27. The fourth-order valence-electron chi connectivity index (χ4n) is 2.84. The molecule has 2 fully saturated rings. The minimum absolute atomic E-state index is 0.815. The molecule has 0 aromatic carbocycles. The second kappa shape index (κ2) is 3.05. The predicted molar refractivity (Wildman–Crippen MR) is 53.1 cm³/mol. The Morgan fingerprint density at radius 1 is 1.33 bits per heavy atom. The summed E-state index contributed by atoms with van der Waals surface area (Å²) in [6, 6.07) is 0. The molecule has 2 saturated carbocycles. The Bertz CT molecular complexity index is 153. The van der Waals surface area contributed by atoms with Crippen LogP contribution >= 0.6 is 0 Å². The molecule has 12 heavy (non-hydrogen) atoms. The van der Waals surface area contributed by atoms with Crippen molar-refractivity contribution in [2.75, 3.05) is 0 Å². The molecule has 2 aliphatic rings. The lowest BCUT2D eigenvalue weighted by atomic mass is 9.79. The van der Waals surface area contributed by atoms with Crippen LogP contribution in [0.5, 0.6) is 0 Å². The smallest absolute Gasteiger partial charge is 0.0271 e. The van der Waals surface area contributed by atoms with Gasteiger partial charge in [-0.05, 0) is 36.5 Å². The van der Waals surface area contributed by atoms with Crippen molar-refractivity contribution < 1.29 is 0 Å². The Hall–Kier alpha value is 0. The monoisotopic (exact) mass is 166 g/mol. The molecule has 0 aromatic rings. The van der Waals surface area contributed by atoms with Crippen LogP contribution in [0, 0.1) is 17.3 Å². The Morgan fingerprint density at radius 2 is 2.00 bits per heavy atom. The van der Waals surface area contributed by atoms with Crippen molar-refractivity contribution in [2.24, 2.45) is 17.3 Å². The Labute approximate surface area is 76.7 Å². The minimum atomic E-state index is 0.815. The van der Waals surface area contributed by atoms with E-state index in [4.69, 9.17) is 0 Å². The van der Waals surface area contributed by atoms with Crippen LogP contribution in [0.1, 0.15) is 58.8 Å². The highest BCUT2D eigenvalue weighted by Gasteiger charge is 2.48. The quantitative estimate of drug-likeness (QED) is 0.592. The van der Waals surface area contributed by atoms with Gasteiger partial charge >= 0.3 is 0 Å². The summed E-state index contributed by atoms with van der Waals surface area (Å²) in [4.78, 5) is 0. The summed E-state index contributed by atoms with van der Waals surface area (Å²) in [7, 11) is 0. The molecule has 0 aromatic heterocycles. The van der Waals surface area contributed by atoms with Crippen LogP contribution < -0.4 is 0 Å². The molecule has 0 bridgehead atoms. The topological polar surface area (TPSA) is 0 Å². The second-order valence-corrected chi connectivity index (χ2v) is 5.16. The van der Waals surface area contributed by atoms with Crippen molar-refractivity contribution in [1.29, 1.82) is 0 Å². The molecular formula is C12H22. The first-order valence-electron chi connectivity index (χ1n) is 5.77. The molecule has 0 heteroatoms. The molecule has 0 spiro atoms. The van der Waals surface area contributed by atoms with Crippen molar-refractivity contribution >= 4 is 0 Å². The highest BCUT2D eigenvalue weighted by molar-refractivity contribution is 4.98. The average Bonchev–Trinajstić information content (AvgIpc) is 2.60. The molecule has 0 N–H and O–H groups in total. The largest absolute Gasteiger partial charge is 0.0648 e. The van der Waals surface area contributed by atoms with Crippen LogP contribution in [0.15, 0.2) is 0 Å². The SMILES string of the molecule is CCC1(CCC2CCC2)CC1C. The van der Waals surface area contributed by atoms with E-state index in [2.05, 4.69) is 13.8 Å². The second-order valence-electron chi connectivity index (χ2n) is 5.16. The molecule has 0 saturated heterocycles. The molecule has 0 nitrogen and oxygen atoms in total. The molecule has 2 atom stereocenters. The van der Waals surface area contributed by atoms with Crippen molar-refractivity contribution in [3.63, 3.8) is 0 Å². The van der Waals surface area contributed by atoms with E-state index in [1.807, 2.05) is 0 Å². The molecule has 0 aliphatic heterocycles. The molecule has 2 rings (SSSR count). The molecular weight excluding hydrogens is 144 g/mol. The standard InChI is InChI=1S/C12H22/c1-3-12(9-10(12)2)8-7-11-5-4-6-11/h10-11H,3-9H2,1-2H3. The predicted octanol–water partition coefficient (Wildman–Crippen LogP) is 4.00. The molecule has 2 aliphatic carbocycles. The molecule has 2 unspecified atom stereocenters. The van der Waals surface area contributed by atoms with E-state index in [0.717, 1.165) is 17.3 Å². The number of hydrogen-bond donors (Lipinski definition) is 0. The average molecular weight is 166 g/mol. The summed E-state index contributed by atoms with van der Waals surface area (Å²) in [5.74, 6) is 2.17. The zero-order valence-corrected chi connectivity index (χ0v) is 8.60. The maximum atomic E-state index is 2.43. The van der Waals surface area contributed by atoms with E-state index in [1.165, 1.54) is 44.9 Å². The maximum absolute atomic E-state index is 2.43. The van der Waals surface area contributed by atoms with Gasteiger partial charge in [0.25, 0.3) is 0 Å². The third kappa shape index (κ3) is 1.41. The minimum Gasteiger partial charge on any atom is -0.0648 e. The van der Waals surface area contributed by atoms with Gasteiger partial charge < -0.3 is 0 Å². The lowest BCUT2D eigenvalue weighted by Crippen LogP contribution is -2.13. The molecule has 0 heterocycles. The fourth-order valence-corrected chi connectivity index (χ4v) is 2.84. The molecule has 0 amide bonds. The van der Waals surface area contributed by atoms with Gasteiger partial charge in [-0.2, -0.15) is 0 Å². The first-order valence-corrected chi connectivity index (χ1v) is 5.77. The summed E-state index contributed by atoms with van der Waals surface area (Å²) in [5.41, 5.74) is 0.815. The summed E-state index contributed by atoms with van der Waals surface area (Å²) in [6.45, 7) is 4.81. The van der Waals surface area contributed by atoms with Gasteiger partial charge in [0.2, 0.25) is 0 Å². The third-order valence-electron chi connectivity index (χ3n) is 4.58. The Morgan fingerprint density at radius 3 is 2.33 bits per heavy atom. The Balaban J connectivity index is 1.71. The van der Waals surface area contributed by atoms with Gasteiger partial charge in [0.1, 0.15) is 0 Å². The molecule has 70 valence electrons. The van der Waals surface area contributed by atoms with Gasteiger partial charge in [-0.25, -0.2) is 0 Å². The summed E-state index contributed by atoms with van der Waals surface area (Å²) in [6.07, 6.45) is 10.6. The van der Waals surface area contributed by atoms with Gasteiger partial charge in [0.15, 0.2) is 0 Å². The number of hydrogen-bond acceptors (Lipinski definition) is 0. The van der Waals surface area contributed by atoms with Gasteiger partial charge in [-0.3, -0.25) is 0 Å². The van der Waals surface area contributed by atoms with Gasteiger partial charge in [0.05, 0.1) is 0 Å². The highest BCUT2D eigenvalue weighted by atomic mass is 14.5. The van der Waals surface area contributed by atoms with Crippen LogP contribution in [0.3, 0.4) is 0 Å². The summed E-state index contributed by atoms with van der Waals surface area (Å²) >= 11 is 0. The third-order valence-corrected chi connectivity index (χ3v) is 4.58. The van der Waals surface area contributed by atoms with Crippen LogP contribution in [0.2, 0.25) is 0 Å². The van der Waals surface area contributed by atoms with Crippen molar-refractivity contribution in [1.82, 2.24) is 0 Å². The normalized spacial score (nSPS) is 41.0. The van der Waals surface area contributed by atoms with E-state index in [0.29, 0.717) is 0 Å². The van der Waals surface area contributed by atoms with Crippen LogP contribution in [-0.2, 0) is 0 Å². The van der Waals surface area contributed by atoms with Crippen molar-refractivity contribution in [2.45, 2.75) is 58.8 Å². The Kier molecular flexibility index (Phi) is 2.18. The first-order chi connectivity index (χ1) is 5.77. The number of rotatable bonds is 4. The van der Waals surface area contributed by atoms with E-state index in [9.17, 15) is 0 Å². The van der Waals surface area contributed by atoms with Crippen LogP contribution in [0.4, 0.5) is 0 Å². The summed E-state index contributed by atoms with van der Waals surface area (Å²) < 4.78 is 0.